The SMILES string of the molecule is COc1cc(CNC(=O)c2ccc(N)c(C)c2)ccn1. The highest BCUT2D eigenvalue weighted by Gasteiger charge is 2.07. The Morgan fingerprint density at radius 3 is 2.85 bits per heavy atom. The fraction of sp³-hybridized carbons (Fsp3) is 0.200. The van der Waals surface area contributed by atoms with Crippen LogP contribution in [-0.2, 0) is 6.54 Å². The van der Waals surface area contributed by atoms with E-state index >= 15 is 0 Å². The third-order valence-corrected chi connectivity index (χ3v) is 2.99. The summed E-state index contributed by atoms with van der Waals surface area (Å²) in [6, 6.07) is 8.84. The molecule has 0 spiro atoms. The third-order valence-electron chi connectivity index (χ3n) is 2.99. The number of hydrogen-bond donors (Lipinski definition) is 2. The van der Waals surface area contributed by atoms with Gasteiger partial charge in [-0.25, -0.2) is 4.98 Å². The highest BCUT2D eigenvalue weighted by Crippen LogP contribution is 2.13. The van der Waals surface area contributed by atoms with E-state index in [1.54, 1.807) is 37.6 Å². The van der Waals surface area contributed by atoms with Crippen molar-refractivity contribution >= 4 is 11.6 Å². The van der Waals surface area contributed by atoms with Crippen LogP contribution in [0.1, 0.15) is 21.5 Å². The second-order valence-electron chi connectivity index (χ2n) is 4.46. The van der Waals surface area contributed by atoms with E-state index in [1.165, 1.54) is 0 Å². The van der Waals surface area contributed by atoms with Gasteiger partial charge >= 0.3 is 0 Å². The minimum absolute atomic E-state index is 0.135. The quantitative estimate of drug-likeness (QED) is 0.833. The fourth-order valence-corrected chi connectivity index (χ4v) is 1.77. The molecule has 3 N–H and O–H groups in total. The lowest BCUT2D eigenvalue weighted by molar-refractivity contribution is 0.0951. The van der Waals surface area contributed by atoms with Gasteiger partial charge in [0.15, 0.2) is 0 Å². The average Bonchev–Trinajstić information content (AvgIpc) is 2.47. The molecule has 1 aromatic carbocycles. The van der Waals surface area contributed by atoms with Crippen LogP contribution in [0, 0.1) is 6.92 Å². The maximum atomic E-state index is 12.0. The lowest BCUT2D eigenvalue weighted by Gasteiger charge is -2.08. The van der Waals surface area contributed by atoms with Crippen molar-refractivity contribution < 1.29 is 9.53 Å². The van der Waals surface area contributed by atoms with E-state index < -0.39 is 0 Å². The molecule has 0 saturated carbocycles. The molecule has 5 heteroatoms. The van der Waals surface area contributed by atoms with Gasteiger partial charge in [0, 0.05) is 30.1 Å². The molecule has 2 aromatic rings. The van der Waals surface area contributed by atoms with Gasteiger partial charge in [-0.3, -0.25) is 4.79 Å². The predicted octanol–water partition coefficient (Wildman–Crippen LogP) is 1.91. The second kappa shape index (κ2) is 6.06. The number of benzene rings is 1. The molecule has 1 heterocycles. The van der Waals surface area contributed by atoms with Gasteiger partial charge in [-0.2, -0.15) is 0 Å². The molecule has 5 nitrogen and oxygen atoms in total. The highest BCUT2D eigenvalue weighted by atomic mass is 16.5. The summed E-state index contributed by atoms with van der Waals surface area (Å²) in [5.74, 6) is 0.393. The first-order valence-electron chi connectivity index (χ1n) is 6.23. The maximum absolute atomic E-state index is 12.0. The molecule has 0 aliphatic rings. The summed E-state index contributed by atoms with van der Waals surface area (Å²) < 4.78 is 5.04. The molecule has 0 aliphatic carbocycles. The van der Waals surface area contributed by atoms with Gasteiger partial charge in [0.25, 0.3) is 5.91 Å². The Hall–Kier alpha value is -2.56. The Morgan fingerprint density at radius 1 is 1.35 bits per heavy atom. The second-order valence-corrected chi connectivity index (χ2v) is 4.46. The van der Waals surface area contributed by atoms with Gasteiger partial charge in [-0.15, -0.1) is 0 Å². The number of nitrogen functional groups attached to an aromatic ring is 1. The van der Waals surface area contributed by atoms with Crippen LogP contribution in [-0.4, -0.2) is 18.0 Å². The molecule has 0 aliphatic heterocycles. The van der Waals surface area contributed by atoms with E-state index in [0.29, 0.717) is 23.7 Å². The zero-order valence-electron chi connectivity index (χ0n) is 11.5. The van der Waals surface area contributed by atoms with Crippen LogP contribution < -0.4 is 15.8 Å². The van der Waals surface area contributed by atoms with Gasteiger partial charge in [0.05, 0.1) is 7.11 Å². The molecule has 0 saturated heterocycles. The van der Waals surface area contributed by atoms with Crippen molar-refractivity contribution in [3.63, 3.8) is 0 Å². The number of methoxy groups -OCH3 is 1. The lowest BCUT2D eigenvalue weighted by atomic mass is 10.1. The molecule has 1 aromatic heterocycles. The van der Waals surface area contributed by atoms with Gasteiger partial charge < -0.3 is 15.8 Å². The molecular weight excluding hydrogens is 254 g/mol. The smallest absolute Gasteiger partial charge is 0.251 e. The van der Waals surface area contributed by atoms with Crippen LogP contribution in [0.3, 0.4) is 0 Å². The topological polar surface area (TPSA) is 77.2 Å². The van der Waals surface area contributed by atoms with Crippen LogP contribution in [0.2, 0.25) is 0 Å². The van der Waals surface area contributed by atoms with E-state index in [0.717, 1.165) is 11.1 Å². The van der Waals surface area contributed by atoms with Crippen LogP contribution in [0.5, 0.6) is 5.88 Å². The van der Waals surface area contributed by atoms with Gasteiger partial charge in [-0.05, 0) is 42.3 Å². The predicted molar refractivity (Wildman–Crippen MR) is 77.6 cm³/mol. The molecular formula is C15H17N3O2. The maximum Gasteiger partial charge on any atom is 0.251 e. The number of hydrogen-bond acceptors (Lipinski definition) is 4. The highest BCUT2D eigenvalue weighted by molar-refractivity contribution is 5.94. The number of nitrogens with zero attached hydrogens (tertiary/aromatic N) is 1. The van der Waals surface area contributed by atoms with Gasteiger partial charge in [-0.1, -0.05) is 0 Å². The van der Waals surface area contributed by atoms with E-state index in [9.17, 15) is 4.79 Å². The van der Waals surface area contributed by atoms with Gasteiger partial charge in [0.2, 0.25) is 5.88 Å². The van der Waals surface area contributed by atoms with Crippen molar-refractivity contribution in [2.24, 2.45) is 0 Å². The first kappa shape index (κ1) is 13.9. The number of carbonyl (C=O) groups excluding carboxylic acids is 1. The molecule has 0 fully saturated rings. The molecule has 0 atom stereocenters. The largest absolute Gasteiger partial charge is 0.481 e. The van der Waals surface area contributed by atoms with Crippen molar-refractivity contribution in [1.82, 2.24) is 10.3 Å². The minimum Gasteiger partial charge on any atom is -0.481 e. The summed E-state index contributed by atoms with van der Waals surface area (Å²) in [5, 5.41) is 2.85. The normalized spacial score (nSPS) is 10.1. The van der Waals surface area contributed by atoms with Gasteiger partial charge in [0.1, 0.15) is 0 Å². The van der Waals surface area contributed by atoms with E-state index in [4.69, 9.17) is 10.5 Å². The Kier molecular flexibility index (Phi) is 4.20. The molecule has 20 heavy (non-hydrogen) atoms. The van der Waals surface area contributed by atoms with Crippen LogP contribution in [0.25, 0.3) is 0 Å². The first-order valence-corrected chi connectivity index (χ1v) is 6.23. The number of anilines is 1. The van der Waals surface area contributed by atoms with Crippen molar-refractivity contribution in [2.75, 3.05) is 12.8 Å². The number of carbonyl (C=O) groups is 1. The lowest BCUT2D eigenvalue weighted by Crippen LogP contribution is -2.23. The Morgan fingerprint density at radius 2 is 2.15 bits per heavy atom. The number of amides is 1. The summed E-state index contributed by atoms with van der Waals surface area (Å²) in [7, 11) is 1.56. The number of ether oxygens (including phenoxy) is 1. The monoisotopic (exact) mass is 271 g/mol. The van der Waals surface area contributed by atoms with Crippen LogP contribution in [0.15, 0.2) is 36.5 Å². The fourth-order valence-electron chi connectivity index (χ4n) is 1.77. The van der Waals surface area contributed by atoms with Crippen LogP contribution >= 0.6 is 0 Å². The van der Waals surface area contributed by atoms with E-state index in [1.807, 2.05) is 13.0 Å². The summed E-state index contributed by atoms with van der Waals surface area (Å²) in [6.45, 7) is 2.29. The molecule has 0 unspecified atom stereocenters. The van der Waals surface area contributed by atoms with Crippen molar-refractivity contribution in [3.8, 4) is 5.88 Å². The summed E-state index contributed by atoms with van der Waals surface area (Å²) in [5.41, 5.74) is 8.83. The number of nitrogens with two attached hydrogens (primary N) is 1. The third kappa shape index (κ3) is 3.26. The van der Waals surface area contributed by atoms with Crippen molar-refractivity contribution in [1.29, 1.82) is 0 Å². The Labute approximate surface area is 117 Å². The van der Waals surface area contributed by atoms with Crippen molar-refractivity contribution in [2.45, 2.75) is 13.5 Å². The van der Waals surface area contributed by atoms with E-state index in [2.05, 4.69) is 10.3 Å². The molecule has 0 bridgehead atoms. The summed E-state index contributed by atoms with van der Waals surface area (Å²) in [6.07, 6.45) is 1.65. The first-order chi connectivity index (χ1) is 9.60. The molecule has 2 rings (SSSR count). The molecule has 104 valence electrons. The summed E-state index contributed by atoms with van der Waals surface area (Å²) in [4.78, 5) is 16.1. The Bertz CT molecular complexity index is 626. The summed E-state index contributed by atoms with van der Waals surface area (Å²) >= 11 is 0. The number of pyridine rings is 1. The standard InChI is InChI=1S/C15H17N3O2/c1-10-7-12(3-4-13(10)16)15(19)18-9-11-5-6-17-14(8-11)20-2/h3-8H,9,16H2,1-2H3,(H,18,19). The zero-order chi connectivity index (χ0) is 14.5. The number of rotatable bonds is 4. The Balaban J connectivity index is 2.02. The average molecular weight is 271 g/mol. The van der Waals surface area contributed by atoms with E-state index in [-0.39, 0.29) is 5.91 Å². The van der Waals surface area contributed by atoms with Crippen molar-refractivity contribution in [3.05, 3.63) is 53.2 Å². The number of aryl methyl sites for hydroxylation is 1. The van der Waals surface area contributed by atoms with Crippen LogP contribution in [0.4, 0.5) is 5.69 Å². The number of aromatic nitrogens is 1. The number of nitrogens with one attached hydrogen (secondary N) is 1. The molecule has 1 amide bonds. The molecule has 0 radical (unpaired) electrons. The zero-order valence-corrected chi connectivity index (χ0v) is 11.5. The minimum atomic E-state index is -0.135.